The zero-order valence-electron chi connectivity index (χ0n) is 9.23. The molecule has 0 saturated heterocycles. The molecule has 16 heavy (non-hydrogen) atoms. The molecule has 0 fully saturated rings. The van der Waals surface area contributed by atoms with E-state index in [1.165, 1.54) is 13.2 Å². The number of carbonyl (C=O) groups is 1. The number of hydrogen-bond acceptors (Lipinski definition) is 3. The molecule has 0 aromatic heterocycles. The summed E-state index contributed by atoms with van der Waals surface area (Å²) in [5.41, 5.74) is 1.42. The van der Waals surface area contributed by atoms with Crippen LogP contribution in [0, 0.1) is 0 Å². The first-order valence-corrected chi connectivity index (χ1v) is 4.89. The molecule has 0 aliphatic carbocycles. The van der Waals surface area contributed by atoms with Gasteiger partial charge in [0, 0.05) is 6.08 Å². The Hall–Kier alpha value is -1.97. The van der Waals surface area contributed by atoms with Crippen molar-refractivity contribution in [2.45, 2.75) is 13.3 Å². The minimum atomic E-state index is -1.01. The van der Waals surface area contributed by atoms with E-state index in [-0.39, 0.29) is 5.75 Å². The summed E-state index contributed by atoms with van der Waals surface area (Å²) in [5, 5.41) is 18.2. The van der Waals surface area contributed by atoms with Crippen molar-refractivity contribution >= 4 is 12.0 Å². The molecule has 0 amide bonds. The van der Waals surface area contributed by atoms with Crippen LogP contribution in [0.1, 0.15) is 18.1 Å². The summed E-state index contributed by atoms with van der Waals surface area (Å²) in [5.74, 6) is -0.549. The fourth-order valence-electron chi connectivity index (χ4n) is 1.38. The number of phenols is 1. The summed E-state index contributed by atoms with van der Waals surface area (Å²) in [4.78, 5) is 10.4. The van der Waals surface area contributed by atoms with Gasteiger partial charge in [0.2, 0.25) is 0 Å². The number of carboxylic acids is 1. The Morgan fingerprint density at radius 2 is 2.19 bits per heavy atom. The summed E-state index contributed by atoms with van der Waals surface area (Å²) in [6.07, 6.45) is 3.16. The van der Waals surface area contributed by atoms with Gasteiger partial charge in [0.05, 0.1) is 7.11 Å². The summed E-state index contributed by atoms with van der Waals surface area (Å²) >= 11 is 0. The lowest BCUT2D eigenvalue weighted by Gasteiger charge is -2.09. The van der Waals surface area contributed by atoms with E-state index < -0.39 is 5.97 Å². The number of carboxylic acid groups (broad SMARTS) is 1. The molecule has 1 aromatic carbocycles. The molecule has 2 N–H and O–H groups in total. The molecular formula is C12H14O4. The second kappa shape index (κ2) is 5.21. The third-order valence-corrected chi connectivity index (χ3v) is 2.20. The Morgan fingerprint density at radius 3 is 2.69 bits per heavy atom. The first kappa shape index (κ1) is 12.1. The number of aryl methyl sites for hydroxylation is 1. The molecule has 0 saturated carbocycles. The van der Waals surface area contributed by atoms with Crippen molar-refractivity contribution in [2.75, 3.05) is 7.11 Å². The second-order valence-corrected chi connectivity index (χ2v) is 3.26. The topological polar surface area (TPSA) is 66.8 Å². The number of methoxy groups -OCH3 is 1. The van der Waals surface area contributed by atoms with Gasteiger partial charge in [-0.2, -0.15) is 0 Å². The largest absolute Gasteiger partial charge is 0.504 e. The highest BCUT2D eigenvalue weighted by molar-refractivity contribution is 5.85. The molecule has 86 valence electrons. The lowest BCUT2D eigenvalue weighted by atomic mass is 10.1. The highest BCUT2D eigenvalue weighted by Crippen LogP contribution is 2.32. The van der Waals surface area contributed by atoms with Gasteiger partial charge in [0.1, 0.15) is 0 Å². The van der Waals surface area contributed by atoms with Crippen LogP contribution in [0.3, 0.4) is 0 Å². The minimum absolute atomic E-state index is 0.109. The first-order chi connectivity index (χ1) is 7.58. The molecule has 0 radical (unpaired) electrons. The normalized spacial score (nSPS) is 10.6. The standard InChI is InChI=1S/C12H14O4/c1-3-9-6-8(4-5-11(13)14)7-10(16-2)12(9)15/h4-7,15H,3H2,1-2H3,(H,13,14). The number of hydrogen-bond donors (Lipinski definition) is 2. The van der Waals surface area contributed by atoms with Crippen LogP contribution < -0.4 is 4.74 Å². The summed E-state index contributed by atoms with van der Waals surface area (Å²) in [6, 6.07) is 3.32. The van der Waals surface area contributed by atoms with Crippen LogP contribution in [0.5, 0.6) is 11.5 Å². The Labute approximate surface area is 93.8 Å². The van der Waals surface area contributed by atoms with Crippen LogP contribution in [0.25, 0.3) is 6.08 Å². The van der Waals surface area contributed by atoms with Gasteiger partial charge in [0.25, 0.3) is 0 Å². The zero-order valence-corrected chi connectivity index (χ0v) is 9.23. The number of phenolic OH excluding ortho intramolecular Hbond substituents is 1. The monoisotopic (exact) mass is 222 g/mol. The van der Waals surface area contributed by atoms with Crippen LogP contribution in [-0.2, 0) is 11.2 Å². The van der Waals surface area contributed by atoms with Crippen molar-refractivity contribution in [3.05, 3.63) is 29.3 Å². The quantitative estimate of drug-likeness (QED) is 0.765. The van der Waals surface area contributed by atoms with E-state index in [4.69, 9.17) is 9.84 Å². The first-order valence-electron chi connectivity index (χ1n) is 4.89. The van der Waals surface area contributed by atoms with E-state index in [9.17, 15) is 9.90 Å². The van der Waals surface area contributed by atoms with Gasteiger partial charge in [-0.05, 0) is 35.8 Å². The Balaban J connectivity index is 3.16. The van der Waals surface area contributed by atoms with Crippen LogP contribution >= 0.6 is 0 Å². The smallest absolute Gasteiger partial charge is 0.328 e. The van der Waals surface area contributed by atoms with Crippen LogP contribution in [0.2, 0.25) is 0 Å². The van der Waals surface area contributed by atoms with Crippen molar-refractivity contribution in [2.24, 2.45) is 0 Å². The molecule has 1 rings (SSSR count). The molecule has 0 atom stereocenters. The maximum Gasteiger partial charge on any atom is 0.328 e. The predicted molar refractivity (Wildman–Crippen MR) is 60.7 cm³/mol. The highest BCUT2D eigenvalue weighted by Gasteiger charge is 2.07. The van der Waals surface area contributed by atoms with E-state index in [0.29, 0.717) is 17.7 Å². The van der Waals surface area contributed by atoms with Gasteiger partial charge in [-0.3, -0.25) is 0 Å². The van der Waals surface area contributed by atoms with Crippen molar-refractivity contribution < 1.29 is 19.7 Å². The molecule has 0 unspecified atom stereocenters. The third-order valence-electron chi connectivity index (χ3n) is 2.20. The van der Waals surface area contributed by atoms with E-state index in [1.54, 1.807) is 12.1 Å². The SMILES string of the molecule is CCc1cc(C=CC(=O)O)cc(OC)c1O. The molecule has 0 bridgehead atoms. The molecule has 1 aromatic rings. The maximum atomic E-state index is 10.4. The predicted octanol–water partition coefficient (Wildman–Crippen LogP) is 2.06. The van der Waals surface area contributed by atoms with Crippen molar-refractivity contribution in [3.63, 3.8) is 0 Å². The molecule has 4 nitrogen and oxygen atoms in total. The zero-order chi connectivity index (χ0) is 12.1. The third kappa shape index (κ3) is 2.76. The number of rotatable bonds is 4. The van der Waals surface area contributed by atoms with Crippen LogP contribution in [-0.4, -0.2) is 23.3 Å². The van der Waals surface area contributed by atoms with Crippen LogP contribution in [0.15, 0.2) is 18.2 Å². The van der Waals surface area contributed by atoms with Gasteiger partial charge in [-0.25, -0.2) is 4.79 Å². The fraction of sp³-hybridized carbons (Fsp3) is 0.250. The van der Waals surface area contributed by atoms with E-state index in [2.05, 4.69) is 0 Å². The lowest BCUT2D eigenvalue weighted by molar-refractivity contribution is -0.131. The fourth-order valence-corrected chi connectivity index (χ4v) is 1.38. The maximum absolute atomic E-state index is 10.4. The number of aliphatic carboxylic acids is 1. The van der Waals surface area contributed by atoms with E-state index >= 15 is 0 Å². The summed E-state index contributed by atoms with van der Waals surface area (Å²) < 4.78 is 5.00. The Morgan fingerprint density at radius 1 is 1.50 bits per heavy atom. The van der Waals surface area contributed by atoms with Gasteiger partial charge < -0.3 is 14.9 Å². The van der Waals surface area contributed by atoms with E-state index in [0.717, 1.165) is 11.6 Å². The minimum Gasteiger partial charge on any atom is -0.504 e. The molecule has 4 heteroatoms. The summed E-state index contributed by atoms with van der Waals surface area (Å²) in [7, 11) is 1.46. The van der Waals surface area contributed by atoms with Crippen LogP contribution in [0.4, 0.5) is 0 Å². The van der Waals surface area contributed by atoms with Gasteiger partial charge in [-0.15, -0.1) is 0 Å². The van der Waals surface area contributed by atoms with Gasteiger partial charge in [0.15, 0.2) is 11.5 Å². The molecule has 0 aliphatic rings. The van der Waals surface area contributed by atoms with Crippen molar-refractivity contribution in [1.82, 2.24) is 0 Å². The number of aromatic hydroxyl groups is 1. The van der Waals surface area contributed by atoms with Gasteiger partial charge >= 0.3 is 5.97 Å². The van der Waals surface area contributed by atoms with Gasteiger partial charge in [-0.1, -0.05) is 6.92 Å². The highest BCUT2D eigenvalue weighted by atomic mass is 16.5. The Bertz CT molecular complexity index is 396. The molecule has 0 spiro atoms. The van der Waals surface area contributed by atoms with Crippen molar-refractivity contribution in [1.29, 1.82) is 0 Å². The average molecular weight is 222 g/mol. The lowest BCUT2D eigenvalue weighted by Crippen LogP contribution is -1.91. The average Bonchev–Trinajstić information content (AvgIpc) is 2.27. The molecule has 0 aliphatic heterocycles. The molecular weight excluding hydrogens is 208 g/mol. The molecule has 0 heterocycles. The number of benzene rings is 1. The number of ether oxygens (including phenoxy) is 1. The van der Waals surface area contributed by atoms with E-state index in [1.807, 2.05) is 6.92 Å². The van der Waals surface area contributed by atoms with Crippen molar-refractivity contribution in [3.8, 4) is 11.5 Å². The Kier molecular flexibility index (Phi) is 3.94. The summed E-state index contributed by atoms with van der Waals surface area (Å²) in [6.45, 7) is 1.90. The second-order valence-electron chi connectivity index (χ2n) is 3.26.